The van der Waals surface area contributed by atoms with Gasteiger partial charge in [-0.05, 0) is 43.4 Å². The number of carbonyl (C=O) groups is 2. The molecule has 1 aromatic rings. The Kier molecular flexibility index (Phi) is 4.99. The fourth-order valence-electron chi connectivity index (χ4n) is 3.82. The fourth-order valence-corrected chi connectivity index (χ4v) is 3.82. The molecular weight excluding hydrogens is 320 g/mol. The summed E-state index contributed by atoms with van der Waals surface area (Å²) < 4.78 is 5.57. The number of imide groups is 1. The van der Waals surface area contributed by atoms with Crippen molar-refractivity contribution in [2.24, 2.45) is 5.92 Å². The van der Waals surface area contributed by atoms with E-state index in [1.165, 1.54) is 0 Å². The van der Waals surface area contributed by atoms with Crippen molar-refractivity contribution in [1.82, 2.24) is 10.2 Å². The smallest absolute Gasteiger partial charge is 0.325 e. The first-order valence-electron chi connectivity index (χ1n) is 8.94. The van der Waals surface area contributed by atoms with Crippen LogP contribution in [0.3, 0.4) is 0 Å². The van der Waals surface area contributed by atoms with Gasteiger partial charge in [-0.15, -0.1) is 0 Å². The summed E-state index contributed by atoms with van der Waals surface area (Å²) in [6.07, 6.45) is 2.69. The highest BCUT2D eigenvalue weighted by Crippen LogP contribution is 2.38. The summed E-state index contributed by atoms with van der Waals surface area (Å²) in [4.78, 5) is 26.3. The van der Waals surface area contributed by atoms with Crippen LogP contribution in [-0.4, -0.2) is 46.7 Å². The van der Waals surface area contributed by atoms with E-state index in [4.69, 9.17) is 4.74 Å². The lowest BCUT2D eigenvalue weighted by molar-refractivity contribution is -0.135. The molecule has 6 heteroatoms. The molecule has 3 unspecified atom stereocenters. The maximum absolute atomic E-state index is 12.8. The van der Waals surface area contributed by atoms with E-state index in [9.17, 15) is 14.7 Å². The van der Waals surface area contributed by atoms with Crippen LogP contribution in [0.25, 0.3) is 0 Å². The zero-order valence-corrected chi connectivity index (χ0v) is 14.8. The average molecular weight is 346 g/mol. The molecule has 3 atom stereocenters. The van der Waals surface area contributed by atoms with Gasteiger partial charge in [-0.2, -0.15) is 0 Å². The maximum Gasteiger partial charge on any atom is 0.325 e. The van der Waals surface area contributed by atoms with Gasteiger partial charge in [-0.3, -0.25) is 9.69 Å². The summed E-state index contributed by atoms with van der Waals surface area (Å²) in [6.45, 7) is 3.95. The van der Waals surface area contributed by atoms with Crippen molar-refractivity contribution in [2.45, 2.75) is 51.2 Å². The van der Waals surface area contributed by atoms with E-state index in [1.54, 1.807) is 0 Å². The minimum atomic E-state index is -0.927. The molecule has 2 fully saturated rings. The van der Waals surface area contributed by atoms with E-state index < -0.39 is 17.7 Å². The third-order valence-electron chi connectivity index (χ3n) is 5.33. The second-order valence-electron chi connectivity index (χ2n) is 7.25. The van der Waals surface area contributed by atoms with Gasteiger partial charge in [0.05, 0.1) is 6.54 Å². The monoisotopic (exact) mass is 346 g/mol. The first-order chi connectivity index (χ1) is 11.9. The Bertz CT molecular complexity index is 663. The molecule has 3 rings (SSSR count). The van der Waals surface area contributed by atoms with Crippen molar-refractivity contribution in [3.8, 4) is 5.75 Å². The van der Waals surface area contributed by atoms with Gasteiger partial charge in [-0.25, -0.2) is 4.79 Å². The molecule has 136 valence electrons. The lowest BCUT2D eigenvalue weighted by Crippen LogP contribution is -2.54. The molecule has 0 radical (unpaired) electrons. The number of nitrogens with one attached hydrogen (secondary N) is 1. The van der Waals surface area contributed by atoms with E-state index in [-0.39, 0.29) is 25.0 Å². The van der Waals surface area contributed by atoms with Gasteiger partial charge in [-0.1, -0.05) is 31.9 Å². The minimum Gasteiger partial charge on any atom is -0.491 e. The Morgan fingerprint density at radius 1 is 1.40 bits per heavy atom. The Morgan fingerprint density at radius 3 is 2.92 bits per heavy atom. The predicted octanol–water partition coefficient (Wildman–Crippen LogP) is 2.24. The van der Waals surface area contributed by atoms with Gasteiger partial charge < -0.3 is 15.2 Å². The number of aryl methyl sites for hydroxylation is 1. The first-order valence-corrected chi connectivity index (χ1v) is 8.94. The van der Waals surface area contributed by atoms with Gasteiger partial charge in [0.2, 0.25) is 0 Å². The number of aliphatic hydroxyl groups is 1. The molecule has 2 N–H and O–H groups in total. The summed E-state index contributed by atoms with van der Waals surface area (Å²) in [7, 11) is 0. The van der Waals surface area contributed by atoms with Gasteiger partial charge in [0.1, 0.15) is 24.0 Å². The highest BCUT2D eigenvalue weighted by molar-refractivity contribution is 6.07. The van der Waals surface area contributed by atoms with Crippen LogP contribution in [0.15, 0.2) is 24.3 Å². The van der Waals surface area contributed by atoms with Crippen LogP contribution in [0.4, 0.5) is 4.79 Å². The molecule has 2 aliphatic rings. The number of amides is 3. The van der Waals surface area contributed by atoms with Crippen LogP contribution < -0.4 is 10.1 Å². The maximum atomic E-state index is 12.8. The first kappa shape index (κ1) is 17.7. The summed E-state index contributed by atoms with van der Waals surface area (Å²) >= 11 is 0. The number of carbonyl (C=O) groups excluding carboxylic acids is 2. The fraction of sp³-hybridized carbons (Fsp3) is 0.579. The zero-order chi connectivity index (χ0) is 18.0. The van der Waals surface area contributed by atoms with Crippen molar-refractivity contribution < 1.29 is 19.4 Å². The molecule has 1 spiro atoms. The molecule has 6 nitrogen and oxygen atoms in total. The number of urea groups is 1. The van der Waals surface area contributed by atoms with E-state index in [0.29, 0.717) is 12.2 Å². The zero-order valence-electron chi connectivity index (χ0n) is 14.8. The highest BCUT2D eigenvalue weighted by Gasteiger charge is 2.54. The predicted molar refractivity (Wildman–Crippen MR) is 93.3 cm³/mol. The van der Waals surface area contributed by atoms with Crippen LogP contribution in [0, 0.1) is 12.8 Å². The number of rotatable bonds is 5. The van der Waals surface area contributed by atoms with E-state index >= 15 is 0 Å². The van der Waals surface area contributed by atoms with E-state index in [0.717, 1.165) is 29.7 Å². The van der Waals surface area contributed by atoms with Crippen LogP contribution in [0.1, 0.15) is 38.2 Å². The minimum absolute atomic E-state index is 0.0308. The standard InChI is InChI=1S/C19H26N2O4/c1-13-6-5-8-16(10-13)25-12-15(22)11-21-17(23)19(20-18(21)24)9-4-3-7-14(19)2/h5-6,8,10,14-15,22H,3-4,7,9,11-12H2,1-2H3,(H,20,24). The highest BCUT2D eigenvalue weighted by atomic mass is 16.5. The molecule has 25 heavy (non-hydrogen) atoms. The molecule has 1 saturated heterocycles. The van der Waals surface area contributed by atoms with Crippen molar-refractivity contribution in [2.75, 3.05) is 13.2 Å². The Morgan fingerprint density at radius 2 is 2.20 bits per heavy atom. The van der Waals surface area contributed by atoms with Crippen LogP contribution in [0.2, 0.25) is 0 Å². The second kappa shape index (κ2) is 7.04. The topological polar surface area (TPSA) is 78.9 Å². The van der Waals surface area contributed by atoms with E-state index in [1.807, 2.05) is 38.1 Å². The third-order valence-corrected chi connectivity index (χ3v) is 5.33. The van der Waals surface area contributed by atoms with Crippen LogP contribution >= 0.6 is 0 Å². The van der Waals surface area contributed by atoms with Crippen molar-refractivity contribution in [3.05, 3.63) is 29.8 Å². The molecule has 0 bridgehead atoms. The molecule has 1 heterocycles. The number of hydrogen-bond acceptors (Lipinski definition) is 4. The molecule has 1 aliphatic carbocycles. The summed E-state index contributed by atoms with van der Waals surface area (Å²) in [5.41, 5.74) is 0.279. The number of benzene rings is 1. The molecule has 1 saturated carbocycles. The number of ether oxygens (including phenoxy) is 1. The second-order valence-corrected chi connectivity index (χ2v) is 7.25. The van der Waals surface area contributed by atoms with Gasteiger partial charge in [0.25, 0.3) is 5.91 Å². The lowest BCUT2D eigenvalue weighted by atomic mass is 9.73. The number of β-amino-alcohol motifs (C(OH)–C–C–N with tert-alkyl or cyclic N) is 1. The molecule has 1 aromatic carbocycles. The molecule has 1 aliphatic heterocycles. The normalized spacial score (nSPS) is 27.5. The summed E-state index contributed by atoms with van der Waals surface area (Å²) in [5.74, 6) is 0.566. The average Bonchev–Trinajstić information content (AvgIpc) is 2.81. The van der Waals surface area contributed by atoms with Crippen LogP contribution in [-0.2, 0) is 4.79 Å². The van der Waals surface area contributed by atoms with Crippen molar-refractivity contribution >= 4 is 11.9 Å². The SMILES string of the molecule is Cc1cccc(OCC(O)CN2C(=O)NC3(CCCCC3C)C2=O)c1. The van der Waals surface area contributed by atoms with Crippen LogP contribution in [0.5, 0.6) is 5.75 Å². The van der Waals surface area contributed by atoms with E-state index in [2.05, 4.69) is 5.32 Å². The summed E-state index contributed by atoms with van der Waals surface area (Å²) in [5, 5.41) is 13.1. The number of aliphatic hydroxyl groups excluding tert-OH is 1. The van der Waals surface area contributed by atoms with Gasteiger partial charge in [0, 0.05) is 0 Å². The Labute approximate surface area is 148 Å². The molecular formula is C19H26N2O4. The molecule has 0 aromatic heterocycles. The Balaban J connectivity index is 1.60. The number of hydrogen-bond donors (Lipinski definition) is 2. The largest absolute Gasteiger partial charge is 0.491 e. The Hall–Kier alpha value is -2.08. The van der Waals surface area contributed by atoms with Gasteiger partial charge in [0.15, 0.2) is 0 Å². The lowest BCUT2D eigenvalue weighted by Gasteiger charge is -2.36. The third kappa shape index (κ3) is 3.49. The molecule has 3 amide bonds. The summed E-state index contributed by atoms with van der Waals surface area (Å²) in [6, 6.07) is 7.11. The van der Waals surface area contributed by atoms with Gasteiger partial charge >= 0.3 is 6.03 Å². The number of nitrogens with zero attached hydrogens (tertiary/aromatic N) is 1. The quantitative estimate of drug-likeness (QED) is 0.802. The van der Waals surface area contributed by atoms with Crippen molar-refractivity contribution in [3.63, 3.8) is 0 Å². The van der Waals surface area contributed by atoms with Crippen molar-refractivity contribution in [1.29, 1.82) is 0 Å².